The minimum Gasteiger partial charge on any atom is -0.322 e. The van der Waals surface area contributed by atoms with Crippen molar-refractivity contribution in [2.24, 2.45) is 0 Å². The number of carbonyl (C=O) groups excluding carboxylic acids is 2. The van der Waals surface area contributed by atoms with Crippen LogP contribution < -0.4 is 10.6 Å². The number of amides is 2. The van der Waals surface area contributed by atoms with Gasteiger partial charge in [0.2, 0.25) is 0 Å². The molecule has 0 spiro atoms. The smallest absolute Gasteiger partial charge is 0.257 e. The van der Waals surface area contributed by atoms with E-state index in [4.69, 9.17) is 5.26 Å². The summed E-state index contributed by atoms with van der Waals surface area (Å²) < 4.78 is 26.6. The van der Waals surface area contributed by atoms with Gasteiger partial charge in [-0.25, -0.2) is 8.78 Å². The average Bonchev–Trinajstić information content (AvgIpc) is 2.70. The van der Waals surface area contributed by atoms with Crippen LogP contribution in [0, 0.1) is 23.0 Å². The Morgan fingerprint density at radius 1 is 0.929 bits per heavy atom. The molecular weight excluding hydrogens is 366 g/mol. The molecule has 8 heteroatoms. The third kappa shape index (κ3) is 4.34. The van der Waals surface area contributed by atoms with E-state index in [1.54, 1.807) is 18.2 Å². The third-order valence-electron chi connectivity index (χ3n) is 3.69. The number of hydrogen-bond donors (Lipinski definition) is 2. The van der Waals surface area contributed by atoms with Crippen LogP contribution in [0.3, 0.4) is 0 Å². The Bertz CT molecular complexity index is 1110. The summed E-state index contributed by atoms with van der Waals surface area (Å²) >= 11 is 0. The van der Waals surface area contributed by atoms with Crippen molar-refractivity contribution in [1.82, 2.24) is 4.98 Å². The third-order valence-corrected chi connectivity index (χ3v) is 3.69. The molecule has 0 aliphatic heterocycles. The molecule has 3 rings (SSSR count). The van der Waals surface area contributed by atoms with Gasteiger partial charge in [-0.15, -0.1) is 0 Å². The number of nitrogens with one attached hydrogen (secondary N) is 2. The summed E-state index contributed by atoms with van der Waals surface area (Å²) in [5, 5.41) is 13.8. The second-order valence-electron chi connectivity index (χ2n) is 5.69. The van der Waals surface area contributed by atoms with Gasteiger partial charge in [0.05, 0.1) is 28.4 Å². The number of pyridine rings is 1. The van der Waals surface area contributed by atoms with Crippen LogP contribution >= 0.6 is 0 Å². The van der Waals surface area contributed by atoms with E-state index >= 15 is 0 Å². The van der Waals surface area contributed by atoms with E-state index in [9.17, 15) is 18.4 Å². The first-order valence-corrected chi connectivity index (χ1v) is 7.99. The van der Waals surface area contributed by atoms with Gasteiger partial charge in [0.15, 0.2) is 0 Å². The maximum atomic E-state index is 13.7. The van der Waals surface area contributed by atoms with Crippen molar-refractivity contribution in [3.8, 4) is 6.07 Å². The molecule has 0 radical (unpaired) electrons. The molecule has 1 heterocycles. The molecule has 3 aromatic rings. The van der Waals surface area contributed by atoms with E-state index in [1.807, 2.05) is 6.07 Å². The summed E-state index contributed by atoms with van der Waals surface area (Å²) in [6.07, 6.45) is 2.47. The molecule has 2 aromatic carbocycles. The van der Waals surface area contributed by atoms with Gasteiger partial charge < -0.3 is 10.6 Å². The second-order valence-corrected chi connectivity index (χ2v) is 5.69. The summed E-state index contributed by atoms with van der Waals surface area (Å²) in [4.78, 5) is 28.5. The molecule has 0 aliphatic carbocycles. The first-order chi connectivity index (χ1) is 13.5. The number of carbonyl (C=O) groups is 2. The highest BCUT2D eigenvalue weighted by Crippen LogP contribution is 2.17. The van der Waals surface area contributed by atoms with Crippen LogP contribution in [0.15, 0.2) is 60.9 Å². The van der Waals surface area contributed by atoms with Gasteiger partial charge in [0, 0.05) is 24.1 Å². The minimum atomic E-state index is -0.924. The van der Waals surface area contributed by atoms with Crippen LogP contribution in [0.4, 0.5) is 20.2 Å². The average molecular weight is 378 g/mol. The fourth-order valence-corrected chi connectivity index (χ4v) is 2.34. The van der Waals surface area contributed by atoms with Crippen molar-refractivity contribution < 1.29 is 18.4 Å². The highest BCUT2D eigenvalue weighted by molar-refractivity contribution is 6.08. The van der Waals surface area contributed by atoms with Crippen molar-refractivity contribution in [3.63, 3.8) is 0 Å². The number of nitriles is 1. The van der Waals surface area contributed by atoms with E-state index in [0.29, 0.717) is 17.3 Å². The van der Waals surface area contributed by atoms with Crippen molar-refractivity contribution >= 4 is 23.2 Å². The van der Waals surface area contributed by atoms with Gasteiger partial charge in [0.1, 0.15) is 11.6 Å². The molecule has 0 bridgehead atoms. The van der Waals surface area contributed by atoms with Crippen LogP contribution in [0.5, 0.6) is 0 Å². The Balaban J connectivity index is 1.76. The Kier molecular flexibility index (Phi) is 5.37. The van der Waals surface area contributed by atoms with Gasteiger partial charge in [0.25, 0.3) is 11.8 Å². The summed E-state index contributed by atoms with van der Waals surface area (Å²) in [5.74, 6) is -2.94. The molecule has 138 valence electrons. The molecule has 0 saturated carbocycles. The van der Waals surface area contributed by atoms with E-state index < -0.39 is 23.4 Å². The monoisotopic (exact) mass is 378 g/mol. The van der Waals surface area contributed by atoms with Crippen molar-refractivity contribution in [1.29, 1.82) is 5.26 Å². The zero-order chi connectivity index (χ0) is 20.1. The van der Waals surface area contributed by atoms with Crippen molar-refractivity contribution in [3.05, 3.63) is 89.2 Å². The number of halogens is 2. The number of anilines is 2. The van der Waals surface area contributed by atoms with Crippen molar-refractivity contribution in [2.75, 3.05) is 10.6 Å². The number of benzene rings is 2. The van der Waals surface area contributed by atoms with Crippen LogP contribution in [0.25, 0.3) is 0 Å². The lowest BCUT2D eigenvalue weighted by molar-refractivity contribution is 0.102. The standard InChI is InChI=1S/C20H12F2N4O2/c21-15-4-5-18(17(22)8-15)26-20(28)14-7-13(10-24-11-14)19(27)25-16-3-1-2-12(6-16)9-23/h1-8,10-11H,(H,25,27)(H,26,28). The van der Waals surface area contributed by atoms with E-state index in [1.165, 1.54) is 24.5 Å². The Hall–Kier alpha value is -4.12. The summed E-state index contributed by atoms with van der Waals surface area (Å²) in [6.45, 7) is 0. The normalized spacial score (nSPS) is 10.0. The fraction of sp³-hybridized carbons (Fsp3) is 0. The predicted octanol–water partition coefficient (Wildman–Crippen LogP) is 3.74. The molecule has 0 unspecified atom stereocenters. The number of hydrogen-bond acceptors (Lipinski definition) is 4. The molecule has 6 nitrogen and oxygen atoms in total. The molecule has 2 N–H and O–H groups in total. The molecule has 0 fully saturated rings. The van der Waals surface area contributed by atoms with E-state index in [0.717, 1.165) is 12.1 Å². The topological polar surface area (TPSA) is 94.9 Å². The van der Waals surface area contributed by atoms with Gasteiger partial charge in [-0.1, -0.05) is 6.07 Å². The molecular formula is C20H12F2N4O2. The Morgan fingerprint density at radius 2 is 1.64 bits per heavy atom. The lowest BCUT2D eigenvalue weighted by atomic mass is 10.1. The maximum Gasteiger partial charge on any atom is 0.257 e. The second kappa shape index (κ2) is 8.05. The highest BCUT2D eigenvalue weighted by Gasteiger charge is 2.14. The Morgan fingerprint density at radius 3 is 2.32 bits per heavy atom. The lowest BCUT2D eigenvalue weighted by Crippen LogP contribution is -2.16. The molecule has 0 atom stereocenters. The van der Waals surface area contributed by atoms with Crippen LogP contribution in [0.2, 0.25) is 0 Å². The van der Waals surface area contributed by atoms with Gasteiger partial charge >= 0.3 is 0 Å². The minimum absolute atomic E-state index is 0.0159. The maximum absolute atomic E-state index is 13.7. The highest BCUT2D eigenvalue weighted by atomic mass is 19.1. The summed E-state index contributed by atoms with van der Waals surface area (Å²) in [5.41, 5.74) is 0.698. The van der Waals surface area contributed by atoms with Crippen LogP contribution in [-0.4, -0.2) is 16.8 Å². The molecule has 28 heavy (non-hydrogen) atoms. The SMILES string of the molecule is N#Cc1cccc(NC(=O)c2cncc(C(=O)Nc3ccc(F)cc3F)c2)c1. The lowest BCUT2D eigenvalue weighted by Gasteiger charge is -2.08. The van der Waals surface area contributed by atoms with Gasteiger partial charge in [-0.3, -0.25) is 14.6 Å². The van der Waals surface area contributed by atoms with Crippen LogP contribution in [0.1, 0.15) is 26.3 Å². The Labute approximate surface area is 158 Å². The number of aromatic nitrogens is 1. The molecule has 2 amide bonds. The molecule has 0 aliphatic rings. The summed E-state index contributed by atoms with van der Waals surface area (Å²) in [6, 6.07) is 12.3. The number of nitrogens with zero attached hydrogens (tertiary/aromatic N) is 2. The van der Waals surface area contributed by atoms with Gasteiger partial charge in [-0.05, 0) is 36.4 Å². The zero-order valence-corrected chi connectivity index (χ0v) is 14.2. The van der Waals surface area contributed by atoms with E-state index in [2.05, 4.69) is 15.6 Å². The van der Waals surface area contributed by atoms with Crippen molar-refractivity contribution in [2.45, 2.75) is 0 Å². The molecule has 0 saturated heterocycles. The number of rotatable bonds is 4. The molecule has 1 aromatic heterocycles. The quantitative estimate of drug-likeness (QED) is 0.723. The first kappa shape index (κ1) is 18.7. The largest absolute Gasteiger partial charge is 0.322 e. The van der Waals surface area contributed by atoms with E-state index in [-0.39, 0.29) is 16.8 Å². The van der Waals surface area contributed by atoms with Crippen LogP contribution in [-0.2, 0) is 0 Å². The fourth-order valence-electron chi connectivity index (χ4n) is 2.34. The summed E-state index contributed by atoms with van der Waals surface area (Å²) in [7, 11) is 0. The first-order valence-electron chi connectivity index (χ1n) is 7.99. The zero-order valence-electron chi connectivity index (χ0n) is 14.2. The van der Waals surface area contributed by atoms with Gasteiger partial charge in [-0.2, -0.15) is 5.26 Å². The predicted molar refractivity (Wildman–Crippen MR) is 97.7 cm³/mol.